The van der Waals surface area contributed by atoms with Gasteiger partial charge in [-0.05, 0) is 54.4 Å². The molecule has 1 aliphatic heterocycles. The summed E-state index contributed by atoms with van der Waals surface area (Å²) < 4.78 is 32.6. The molecule has 2 heterocycles. The van der Waals surface area contributed by atoms with E-state index in [1.807, 2.05) is 6.07 Å². The molecule has 3 aromatic rings. The van der Waals surface area contributed by atoms with Crippen LogP contribution in [-0.4, -0.2) is 11.7 Å². The molecule has 0 saturated carbocycles. The molecule has 0 spiro atoms. The average Bonchev–Trinajstić information content (AvgIpc) is 3.13. The third kappa shape index (κ3) is 3.24. The zero-order valence-electron chi connectivity index (χ0n) is 13.7. The number of hydrogen-bond donors (Lipinski definition) is 1. The smallest absolute Gasteiger partial charge is 0.287 e. The van der Waals surface area contributed by atoms with Crippen LogP contribution in [0.1, 0.15) is 28.6 Å². The molecule has 2 aromatic carbocycles. The van der Waals surface area contributed by atoms with Crippen LogP contribution in [-0.2, 0) is 0 Å². The van der Waals surface area contributed by atoms with Gasteiger partial charge in [-0.25, -0.2) is 8.78 Å². The summed E-state index contributed by atoms with van der Waals surface area (Å²) in [5.41, 5.74) is 1.48. The van der Waals surface area contributed by atoms with Crippen molar-refractivity contribution in [3.63, 3.8) is 0 Å². The summed E-state index contributed by atoms with van der Waals surface area (Å²) in [6, 6.07) is 13.8. The van der Waals surface area contributed by atoms with Crippen LogP contribution in [0.25, 0.3) is 11.3 Å². The van der Waals surface area contributed by atoms with E-state index in [4.69, 9.17) is 4.42 Å². The molecule has 0 unspecified atom stereocenters. The maximum atomic E-state index is 13.9. The second kappa shape index (κ2) is 6.96. The molecule has 0 bridgehead atoms. The van der Waals surface area contributed by atoms with Gasteiger partial charge in [0.05, 0.1) is 6.04 Å². The van der Waals surface area contributed by atoms with E-state index in [0.717, 1.165) is 17.7 Å². The summed E-state index contributed by atoms with van der Waals surface area (Å²) in [6.45, 7) is 0. The Balaban J connectivity index is 1.53. The minimum atomic E-state index is -0.356. The van der Waals surface area contributed by atoms with Crippen molar-refractivity contribution in [1.29, 1.82) is 0 Å². The number of rotatable bonds is 3. The van der Waals surface area contributed by atoms with E-state index in [2.05, 4.69) is 5.32 Å². The zero-order chi connectivity index (χ0) is 18.1. The number of fused-ring (bicyclic) bond motifs is 1. The highest BCUT2D eigenvalue weighted by molar-refractivity contribution is 7.99. The van der Waals surface area contributed by atoms with E-state index in [0.29, 0.717) is 16.2 Å². The Morgan fingerprint density at radius 3 is 2.69 bits per heavy atom. The first-order valence-electron chi connectivity index (χ1n) is 8.19. The quantitative estimate of drug-likeness (QED) is 0.689. The van der Waals surface area contributed by atoms with Crippen molar-refractivity contribution in [2.45, 2.75) is 17.4 Å². The maximum absolute atomic E-state index is 13.9. The van der Waals surface area contributed by atoms with Crippen molar-refractivity contribution >= 4 is 17.7 Å². The fraction of sp³-hybridized carbons (Fsp3) is 0.150. The van der Waals surface area contributed by atoms with Gasteiger partial charge in [-0.15, -0.1) is 11.8 Å². The standard InChI is InChI=1S/C20H15F2NO2S/c21-13-6-4-12(5-7-13)17-8-9-18(25-17)20(24)23-16-10-11-26-19-14(16)2-1-3-15(19)22/h1-9,16H,10-11H2,(H,23,24)/t16-/m1/s1. The van der Waals surface area contributed by atoms with Gasteiger partial charge in [-0.1, -0.05) is 12.1 Å². The normalized spacial score (nSPS) is 16.2. The van der Waals surface area contributed by atoms with Crippen LogP contribution in [0, 0.1) is 11.6 Å². The van der Waals surface area contributed by atoms with Crippen LogP contribution in [0.3, 0.4) is 0 Å². The van der Waals surface area contributed by atoms with Gasteiger partial charge in [-0.2, -0.15) is 0 Å². The lowest BCUT2D eigenvalue weighted by Gasteiger charge is -2.25. The van der Waals surface area contributed by atoms with Crippen molar-refractivity contribution in [2.24, 2.45) is 0 Å². The lowest BCUT2D eigenvalue weighted by Crippen LogP contribution is -2.30. The first-order chi connectivity index (χ1) is 12.6. The number of amides is 1. The van der Waals surface area contributed by atoms with Crippen LogP contribution in [0.2, 0.25) is 0 Å². The zero-order valence-corrected chi connectivity index (χ0v) is 14.5. The molecule has 132 valence electrons. The fourth-order valence-corrected chi connectivity index (χ4v) is 4.14. The predicted octanol–water partition coefficient (Wildman–Crippen LogP) is 5.19. The van der Waals surface area contributed by atoms with Crippen LogP contribution >= 0.6 is 11.8 Å². The van der Waals surface area contributed by atoms with E-state index < -0.39 is 0 Å². The van der Waals surface area contributed by atoms with E-state index in [1.54, 1.807) is 30.3 Å². The number of carbonyl (C=O) groups is 1. The SMILES string of the molecule is O=C(N[C@@H]1CCSc2c(F)cccc21)c1ccc(-c2ccc(F)cc2)o1. The number of hydrogen-bond acceptors (Lipinski definition) is 3. The summed E-state index contributed by atoms with van der Waals surface area (Å²) in [5.74, 6) is 0.437. The van der Waals surface area contributed by atoms with Gasteiger partial charge >= 0.3 is 0 Å². The molecular weight excluding hydrogens is 356 g/mol. The van der Waals surface area contributed by atoms with Crippen molar-refractivity contribution in [3.05, 3.63) is 77.6 Å². The van der Waals surface area contributed by atoms with Gasteiger partial charge in [0.2, 0.25) is 0 Å². The number of thioether (sulfide) groups is 1. The van der Waals surface area contributed by atoms with Crippen molar-refractivity contribution < 1.29 is 18.0 Å². The molecule has 4 rings (SSSR count). The Hall–Kier alpha value is -2.60. The van der Waals surface area contributed by atoms with E-state index in [9.17, 15) is 13.6 Å². The van der Waals surface area contributed by atoms with Crippen molar-refractivity contribution in [1.82, 2.24) is 5.32 Å². The van der Waals surface area contributed by atoms with Gasteiger partial charge in [0, 0.05) is 16.2 Å². The first-order valence-corrected chi connectivity index (χ1v) is 9.18. The minimum Gasteiger partial charge on any atom is -0.451 e. The Morgan fingerprint density at radius 1 is 1.08 bits per heavy atom. The van der Waals surface area contributed by atoms with Gasteiger partial charge in [0.25, 0.3) is 5.91 Å². The van der Waals surface area contributed by atoms with Crippen LogP contribution < -0.4 is 5.32 Å². The molecule has 1 amide bonds. The number of benzene rings is 2. The Labute approximate surface area is 153 Å². The molecular formula is C20H15F2NO2S. The minimum absolute atomic E-state index is 0.167. The summed E-state index contributed by atoms with van der Waals surface area (Å²) in [4.78, 5) is 13.1. The molecule has 3 nitrogen and oxygen atoms in total. The number of carbonyl (C=O) groups excluding carboxylic acids is 1. The molecule has 6 heteroatoms. The summed E-state index contributed by atoms with van der Waals surface area (Å²) in [5, 5.41) is 2.92. The van der Waals surface area contributed by atoms with Crippen LogP contribution in [0.4, 0.5) is 8.78 Å². The molecule has 1 aromatic heterocycles. The van der Waals surface area contributed by atoms with Crippen molar-refractivity contribution in [2.75, 3.05) is 5.75 Å². The lowest BCUT2D eigenvalue weighted by atomic mass is 10.0. The largest absolute Gasteiger partial charge is 0.451 e. The number of halogens is 2. The predicted molar refractivity (Wildman–Crippen MR) is 96.1 cm³/mol. The van der Waals surface area contributed by atoms with Crippen molar-refractivity contribution in [3.8, 4) is 11.3 Å². The lowest BCUT2D eigenvalue weighted by molar-refractivity contribution is 0.0907. The third-order valence-corrected chi connectivity index (χ3v) is 5.45. The second-order valence-electron chi connectivity index (χ2n) is 5.99. The second-order valence-corrected chi connectivity index (χ2v) is 7.10. The summed E-state index contributed by atoms with van der Waals surface area (Å²) >= 11 is 1.46. The molecule has 1 atom stereocenters. The molecule has 0 aliphatic carbocycles. The van der Waals surface area contributed by atoms with Crippen LogP contribution in [0.5, 0.6) is 0 Å². The molecule has 0 fully saturated rings. The topological polar surface area (TPSA) is 42.2 Å². The highest BCUT2D eigenvalue weighted by atomic mass is 32.2. The van der Waals surface area contributed by atoms with Gasteiger partial charge in [-0.3, -0.25) is 4.79 Å². The van der Waals surface area contributed by atoms with E-state index in [1.165, 1.54) is 30.0 Å². The first kappa shape index (κ1) is 16.8. The molecule has 1 N–H and O–H groups in total. The molecule has 1 aliphatic rings. The monoisotopic (exact) mass is 371 g/mol. The van der Waals surface area contributed by atoms with Crippen LogP contribution in [0.15, 0.2) is 63.9 Å². The van der Waals surface area contributed by atoms with E-state index in [-0.39, 0.29) is 29.3 Å². The molecule has 26 heavy (non-hydrogen) atoms. The molecule has 0 radical (unpaired) electrons. The maximum Gasteiger partial charge on any atom is 0.287 e. The molecule has 0 saturated heterocycles. The Bertz CT molecular complexity index is 953. The fourth-order valence-electron chi connectivity index (χ4n) is 3.00. The summed E-state index contributed by atoms with van der Waals surface area (Å²) in [7, 11) is 0. The van der Waals surface area contributed by atoms with Gasteiger partial charge < -0.3 is 9.73 Å². The van der Waals surface area contributed by atoms with Gasteiger partial charge in [0.1, 0.15) is 17.4 Å². The van der Waals surface area contributed by atoms with Gasteiger partial charge in [0.15, 0.2) is 5.76 Å². The number of nitrogens with one attached hydrogen (secondary N) is 1. The highest BCUT2D eigenvalue weighted by Gasteiger charge is 2.25. The average molecular weight is 371 g/mol. The Morgan fingerprint density at radius 2 is 1.88 bits per heavy atom. The van der Waals surface area contributed by atoms with E-state index >= 15 is 0 Å². The summed E-state index contributed by atoms with van der Waals surface area (Å²) in [6.07, 6.45) is 0.721. The number of furan rings is 1. The highest BCUT2D eigenvalue weighted by Crippen LogP contribution is 2.37. The third-order valence-electron chi connectivity index (χ3n) is 4.29. The Kier molecular flexibility index (Phi) is 4.51.